The lowest BCUT2D eigenvalue weighted by Gasteiger charge is -2.00. The topological polar surface area (TPSA) is 53.1 Å². The zero-order valence-corrected chi connectivity index (χ0v) is 9.21. The predicted molar refractivity (Wildman–Crippen MR) is 59.3 cm³/mol. The van der Waals surface area contributed by atoms with Crippen molar-refractivity contribution in [3.8, 4) is 0 Å². The quantitative estimate of drug-likeness (QED) is 0.887. The highest BCUT2D eigenvalue weighted by Gasteiger charge is 2.32. The Hall–Kier alpha value is -1.98. The van der Waals surface area contributed by atoms with E-state index in [0.29, 0.717) is 16.5 Å². The van der Waals surface area contributed by atoms with Crippen molar-refractivity contribution in [2.24, 2.45) is 0 Å². The summed E-state index contributed by atoms with van der Waals surface area (Å²) < 4.78 is 37.6. The Kier molecular flexibility index (Phi) is 3.02. The summed E-state index contributed by atoms with van der Waals surface area (Å²) in [5.41, 5.74) is 0.145. The van der Waals surface area contributed by atoms with Crippen LogP contribution in [0, 0.1) is 0 Å². The van der Waals surface area contributed by atoms with Gasteiger partial charge in [-0.25, -0.2) is 0 Å². The third-order valence-corrected chi connectivity index (χ3v) is 2.67. The number of aromatic nitrogens is 1. The number of alkyl halides is 3. The summed E-state index contributed by atoms with van der Waals surface area (Å²) in [6.45, 7) is 0. The summed E-state index contributed by atoms with van der Waals surface area (Å²) in [7, 11) is 0. The molecule has 0 unspecified atom stereocenters. The Morgan fingerprint density at radius 2 is 2.06 bits per heavy atom. The lowest BCUT2D eigenvalue weighted by Crippen LogP contribution is -2.04. The summed E-state index contributed by atoms with van der Waals surface area (Å²) >= 11 is 0. The van der Waals surface area contributed by atoms with Crippen LogP contribution in [0.4, 0.5) is 13.2 Å². The van der Waals surface area contributed by atoms with Gasteiger partial charge in [-0.05, 0) is 24.1 Å². The lowest BCUT2D eigenvalue weighted by molar-refractivity contribution is -0.140. The van der Waals surface area contributed by atoms with Crippen molar-refractivity contribution < 1.29 is 23.1 Å². The second-order valence-corrected chi connectivity index (χ2v) is 3.95. The Morgan fingerprint density at radius 3 is 2.67 bits per heavy atom. The number of carbonyl (C=O) groups is 1. The zero-order chi connectivity index (χ0) is 13.3. The first-order chi connectivity index (χ1) is 8.38. The first-order valence-corrected chi connectivity index (χ1v) is 5.27. The second-order valence-electron chi connectivity index (χ2n) is 3.95. The Labute approximate surface area is 100 Å². The standard InChI is InChI=1S/C12H10F3NO2/c13-12(14,15)10-6-8-7(4-5-11(17)18)2-1-3-9(8)16-10/h1-3,6,16H,4-5H2,(H,17,18). The molecular formula is C12H10F3NO2. The van der Waals surface area contributed by atoms with E-state index in [1.807, 2.05) is 0 Å². The summed E-state index contributed by atoms with van der Waals surface area (Å²) in [5.74, 6) is -0.974. The molecule has 1 aromatic carbocycles. The van der Waals surface area contributed by atoms with Crippen molar-refractivity contribution >= 4 is 16.9 Å². The van der Waals surface area contributed by atoms with Crippen LogP contribution in [0.5, 0.6) is 0 Å². The van der Waals surface area contributed by atoms with Gasteiger partial charge in [0.25, 0.3) is 0 Å². The Balaban J connectivity index is 2.42. The van der Waals surface area contributed by atoms with Gasteiger partial charge in [0.1, 0.15) is 5.69 Å². The van der Waals surface area contributed by atoms with Crippen LogP contribution in [-0.4, -0.2) is 16.1 Å². The lowest BCUT2D eigenvalue weighted by atomic mass is 10.1. The van der Waals surface area contributed by atoms with Gasteiger partial charge in [-0.2, -0.15) is 13.2 Å². The van der Waals surface area contributed by atoms with Gasteiger partial charge in [0.05, 0.1) is 0 Å². The molecule has 6 heteroatoms. The van der Waals surface area contributed by atoms with E-state index in [1.54, 1.807) is 12.1 Å². The molecule has 0 aliphatic rings. The smallest absolute Gasteiger partial charge is 0.431 e. The molecule has 0 amide bonds. The molecule has 96 valence electrons. The Bertz CT molecular complexity index is 587. The fraction of sp³-hybridized carbons (Fsp3) is 0.250. The van der Waals surface area contributed by atoms with E-state index in [0.717, 1.165) is 6.07 Å². The Morgan fingerprint density at radius 1 is 1.33 bits per heavy atom. The molecule has 0 saturated heterocycles. The number of aryl methyl sites for hydroxylation is 1. The van der Waals surface area contributed by atoms with Crippen molar-refractivity contribution in [1.82, 2.24) is 4.98 Å². The number of carboxylic acids is 1. The number of hydrogen-bond donors (Lipinski definition) is 2. The molecule has 0 atom stereocenters. The molecule has 0 aliphatic heterocycles. The van der Waals surface area contributed by atoms with Gasteiger partial charge in [0, 0.05) is 17.3 Å². The largest absolute Gasteiger partial charge is 0.481 e. The minimum atomic E-state index is -4.43. The van der Waals surface area contributed by atoms with Crippen molar-refractivity contribution in [3.05, 3.63) is 35.5 Å². The molecule has 0 bridgehead atoms. The molecule has 2 aromatic rings. The van der Waals surface area contributed by atoms with Crippen molar-refractivity contribution in [3.63, 3.8) is 0 Å². The van der Waals surface area contributed by atoms with E-state index in [2.05, 4.69) is 4.98 Å². The minimum Gasteiger partial charge on any atom is -0.481 e. The molecule has 3 nitrogen and oxygen atoms in total. The van der Waals surface area contributed by atoms with Crippen LogP contribution in [-0.2, 0) is 17.4 Å². The fourth-order valence-electron chi connectivity index (χ4n) is 1.83. The number of halogens is 3. The van der Waals surface area contributed by atoms with Gasteiger partial charge in [0.15, 0.2) is 0 Å². The van der Waals surface area contributed by atoms with Gasteiger partial charge in [-0.1, -0.05) is 12.1 Å². The molecule has 1 aromatic heterocycles. The van der Waals surface area contributed by atoms with Gasteiger partial charge in [-0.15, -0.1) is 0 Å². The summed E-state index contributed by atoms with van der Waals surface area (Å²) in [5, 5.41) is 9.02. The number of H-pyrrole nitrogens is 1. The first-order valence-electron chi connectivity index (χ1n) is 5.27. The van der Waals surface area contributed by atoms with Crippen LogP contribution in [0.25, 0.3) is 10.9 Å². The highest BCUT2D eigenvalue weighted by molar-refractivity contribution is 5.84. The molecule has 0 aliphatic carbocycles. The normalized spacial score (nSPS) is 11.9. The highest BCUT2D eigenvalue weighted by atomic mass is 19.4. The van der Waals surface area contributed by atoms with E-state index >= 15 is 0 Å². The average molecular weight is 257 g/mol. The van der Waals surface area contributed by atoms with E-state index < -0.39 is 17.8 Å². The highest BCUT2D eigenvalue weighted by Crippen LogP contribution is 2.32. The maximum absolute atomic E-state index is 12.5. The summed E-state index contributed by atoms with van der Waals surface area (Å²) in [4.78, 5) is 12.8. The number of aliphatic carboxylic acids is 1. The second kappa shape index (κ2) is 4.36. The zero-order valence-electron chi connectivity index (χ0n) is 9.21. The van der Waals surface area contributed by atoms with E-state index in [9.17, 15) is 18.0 Å². The van der Waals surface area contributed by atoms with Gasteiger partial charge < -0.3 is 10.1 Å². The number of nitrogens with one attached hydrogen (secondary N) is 1. The van der Waals surface area contributed by atoms with Gasteiger partial charge in [0.2, 0.25) is 0 Å². The SMILES string of the molecule is O=C(O)CCc1cccc2[nH]c(C(F)(F)F)cc12. The predicted octanol–water partition coefficient (Wildman–Crippen LogP) is 3.20. The minimum absolute atomic E-state index is 0.106. The van der Waals surface area contributed by atoms with Gasteiger partial charge >= 0.3 is 12.1 Å². The molecule has 2 rings (SSSR count). The molecule has 2 N–H and O–H groups in total. The molecule has 0 fully saturated rings. The average Bonchev–Trinajstić information content (AvgIpc) is 2.69. The van der Waals surface area contributed by atoms with Crippen LogP contribution in [0.1, 0.15) is 17.7 Å². The fourth-order valence-corrected chi connectivity index (χ4v) is 1.83. The van der Waals surface area contributed by atoms with E-state index in [1.165, 1.54) is 6.07 Å². The molecule has 1 heterocycles. The van der Waals surface area contributed by atoms with Crippen molar-refractivity contribution in [2.45, 2.75) is 19.0 Å². The molecule has 0 spiro atoms. The maximum atomic E-state index is 12.5. The number of rotatable bonds is 3. The van der Waals surface area contributed by atoms with Crippen LogP contribution >= 0.6 is 0 Å². The summed E-state index contributed by atoms with van der Waals surface area (Å²) in [6.07, 6.45) is -4.32. The van der Waals surface area contributed by atoms with Gasteiger partial charge in [-0.3, -0.25) is 4.79 Å². The molecular weight excluding hydrogens is 247 g/mol. The van der Waals surface area contributed by atoms with Crippen LogP contribution in [0.15, 0.2) is 24.3 Å². The number of hydrogen-bond acceptors (Lipinski definition) is 1. The molecule has 0 radical (unpaired) electrons. The van der Waals surface area contributed by atoms with Crippen molar-refractivity contribution in [1.29, 1.82) is 0 Å². The number of aromatic amines is 1. The number of benzene rings is 1. The van der Waals surface area contributed by atoms with E-state index in [4.69, 9.17) is 5.11 Å². The van der Waals surface area contributed by atoms with Crippen LogP contribution in [0.2, 0.25) is 0 Å². The van der Waals surface area contributed by atoms with Crippen LogP contribution < -0.4 is 0 Å². The number of fused-ring (bicyclic) bond motifs is 1. The number of carboxylic acid groups (broad SMARTS) is 1. The monoisotopic (exact) mass is 257 g/mol. The van der Waals surface area contributed by atoms with E-state index in [-0.39, 0.29) is 12.8 Å². The van der Waals surface area contributed by atoms with Crippen LogP contribution in [0.3, 0.4) is 0 Å². The third-order valence-electron chi connectivity index (χ3n) is 2.67. The maximum Gasteiger partial charge on any atom is 0.431 e. The summed E-state index contributed by atoms with van der Waals surface area (Å²) in [6, 6.07) is 5.80. The van der Waals surface area contributed by atoms with Crippen molar-refractivity contribution in [2.75, 3.05) is 0 Å². The third kappa shape index (κ3) is 2.47. The molecule has 0 saturated carbocycles. The first kappa shape index (κ1) is 12.5. The molecule has 18 heavy (non-hydrogen) atoms.